The van der Waals surface area contributed by atoms with E-state index in [1.165, 1.54) is 4.31 Å². The lowest BCUT2D eigenvalue weighted by Gasteiger charge is -2.22. The maximum atomic E-state index is 12.5. The Morgan fingerprint density at radius 3 is 2.07 bits per heavy atom. The SMILES string of the molecule is CCCCOC(=O)c1ccc(NC(=O)c2ccc(N(CC)S(=O)(=O)CC)cc2)cc1. The number of esters is 1. The average molecular weight is 433 g/mol. The number of carbonyl (C=O) groups is 2. The van der Waals surface area contributed by atoms with E-state index in [0.29, 0.717) is 35.7 Å². The number of anilines is 2. The van der Waals surface area contributed by atoms with E-state index in [9.17, 15) is 18.0 Å². The van der Waals surface area contributed by atoms with Crippen molar-refractivity contribution in [3.63, 3.8) is 0 Å². The Morgan fingerprint density at radius 1 is 0.933 bits per heavy atom. The lowest BCUT2D eigenvalue weighted by atomic mass is 10.1. The summed E-state index contributed by atoms with van der Waals surface area (Å²) in [4.78, 5) is 24.4. The standard InChI is InChI=1S/C22H28N2O5S/c1-4-7-16-29-22(26)18-8-12-19(13-9-18)23-21(25)17-10-14-20(15-11-17)24(5-2)30(27,28)6-3/h8-15H,4-7,16H2,1-3H3,(H,23,25). The van der Waals surface area contributed by atoms with E-state index < -0.39 is 10.0 Å². The Morgan fingerprint density at radius 2 is 1.53 bits per heavy atom. The minimum absolute atomic E-state index is 0.00518. The van der Waals surface area contributed by atoms with Crippen LogP contribution in [0, 0.1) is 0 Å². The number of nitrogens with one attached hydrogen (secondary N) is 1. The Kier molecular flexibility index (Phi) is 8.41. The number of amides is 1. The fourth-order valence-electron chi connectivity index (χ4n) is 2.76. The second-order valence-corrected chi connectivity index (χ2v) is 8.82. The monoisotopic (exact) mass is 432 g/mol. The van der Waals surface area contributed by atoms with Gasteiger partial charge in [0.15, 0.2) is 0 Å². The van der Waals surface area contributed by atoms with Gasteiger partial charge in [-0.05, 0) is 68.8 Å². The van der Waals surface area contributed by atoms with Gasteiger partial charge in [-0.2, -0.15) is 0 Å². The molecule has 2 aromatic rings. The highest BCUT2D eigenvalue weighted by atomic mass is 32.2. The number of hydrogen-bond donors (Lipinski definition) is 1. The van der Waals surface area contributed by atoms with Gasteiger partial charge < -0.3 is 10.1 Å². The Bertz CT molecular complexity index is 954. The zero-order valence-electron chi connectivity index (χ0n) is 17.6. The highest BCUT2D eigenvalue weighted by Gasteiger charge is 2.19. The van der Waals surface area contributed by atoms with Crippen molar-refractivity contribution in [2.75, 3.05) is 28.5 Å². The Hall–Kier alpha value is -2.87. The molecule has 0 aliphatic carbocycles. The van der Waals surface area contributed by atoms with E-state index >= 15 is 0 Å². The van der Waals surface area contributed by atoms with Crippen LogP contribution in [0.25, 0.3) is 0 Å². The Labute approximate surface area is 178 Å². The van der Waals surface area contributed by atoms with Gasteiger partial charge in [-0.1, -0.05) is 13.3 Å². The average Bonchev–Trinajstić information content (AvgIpc) is 2.75. The Balaban J connectivity index is 2.03. The highest BCUT2D eigenvalue weighted by molar-refractivity contribution is 7.92. The fourth-order valence-corrected chi connectivity index (χ4v) is 3.91. The molecule has 8 heteroatoms. The number of rotatable bonds is 10. The highest BCUT2D eigenvalue weighted by Crippen LogP contribution is 2.20. The summed E-state index contributed by atoms with van der Waals surface area (Å²) in [7, 11) is -3.37. The predicted molar refractivity (Wildman–Crippen MR) is 119 cm³/mol. The van der Waals surface area contributed by atoms with Crippen molar-refractivity contribution in [2.24, 2.45) is 0 Å². The van der Waals surface area contributed by atoms with Crippen LogP contribution in [0.15, 0.2) is 48.5 Å². The van der Waals surface area contributed by atoms with Crippen LogP contribution >= 0.6 is 0 Å². The van der Waals surface area contributed by atoms with Crippen LogP contribution in [0.4, 0.5) is 11.4 Å². The largest absolute Gasteiger partial charge is 0.462 e. The first kappa shape index (κ1) is 23.4. The van der Waals surface area contributed by atoms with Crippen LogP contribution in [0.5, 0.6) is 0 Å². The second-order valence-electron chi connectivity index (χ2n) is 6.63. The predicted octanol–water partition coefficient (Wildman–Crippen LogP) is 4.07. The molecule has 7 nitrogen and oxygen atoms in total. The van der Waals surface area contributed by atoms with Crippen LogP contribution < -0.4 is 9.62 Å². The molecule has 0 unspecified atom stereocenters. The molecule has 162 valence electrons. The third kappa shape index (κ3) is 6.06. The molecular weight excluding hydrogens is 404 g/mol. The van der Waals surface area contributed by atoms with Gasteiger partial charge in [0, 0.05) is 17.8 Å². The van der Waals surface area contributed by atoms with E-state index in [-0.39, 0.29) is 17.6 Å². The zero-order chi connectivity index (χ0) is 22.1. The number of benzene rings is 2. The minimum atomic E-state index is -3.37. The minimum Gasteiger partial charge on any atom is -0.462 e. The van der Waals surface area contributed by atoms with Gasteiger partial charge in [-0.3, -0.25) is 9.10 Å². The number of ether oxygens (including phenoxy) is 1. The molecule has 0 aliphatic heterocycles. The third-order valence-electron chi connectivity index (χ3n) is 4.51. The van der Waals surface area contributed by atoms with Gasteiger partial charge in [0.05, 0.1) is 23.6 Å². The van der Waals surface area contributed by atoms with Crippen LogP contribution in [0.3, 0.4) is 0 Å². The zero-order valence-corrected chi connectivity index (χ0v) is 18.4. The van der Waals surface area contributed by atoms with E-state index in [0.717, 1.165) is 12.8 Å². The molecule has 0 aliphatic rings. The van der Waals surface area contributed by atoms with Crippen molar-refractivity contribution in [2.45, 2.75) is 33.6 Å². The number of hydrogen-bond acceptors (Lipinski definition) is 5. The molecule has 0 bridgehead atoms. The van der Waals surface area contributed by atoms with Crippen molar-refractivity contribution < 1.29 is 22.7 Å². The van der Waals surface area contributed by atoms with Crippen molar-refractivity contribution in [3.8, 4) is 0 Å². The number of nitrogens with zero attached hydrogens (tertiary/aromatic N) is 1. The summed E-state index contributed by atoms with van der Waals surface area (Å²) >= 11 is 0. The molecule has 1 N–H and O–H groups in total. The molecule has 0 fully saturated rings. The number of sulfonamides is 1. The first-order valence-electron chi connectivity index (χ1n) is 10.0. The quantitative estimate of drug-likeness (QED) is 0.451. The van der Waals surface area contributed by atoms with E-state index in [4.69, 9.17) is 4.74 Å². The van der Waals surface area contributed by atoms with Crippen molar-refractivity contribution in [1.82, 2.24) is 0 Å². The molecule has 1 amide bonds. The lowest BCUT2D eigenvalue weighted by Crippen LogP contribution is -2.32. The molecule has 2 rings (SSSR count). The molecule has 0 radical (unpaired) electrons. The summed E-state index contributed by atoms with van der Waals surface area (Å²) in [6.45, 7) is 6.08. The van der Waals surface area contributed by atoms with Gasteiger partial charge in [0.2, 0.25) is 10.0 Å². The van der Waals surface area contributed by atoms with Gasteiger partial charge in [0.25, 0.3) is 5.91 Å². The van der Waals surface area contributed by atoms with E-state index in [1.807, 2.05) is 6.92 Å². The second kappa shape index (κ2) is 10.8. The lowest BCUT2D eigenvalue weighted by molar-refractivity contribution is 0.0499. The van der Waals surface area contributed by atoms with Crippen LogP contribution in [-0.2, 0) is 14.8 Å². The van der Waals surface area contributed by atoms with Crippen LogP contribution in [0.2, 0.25) is 0 Å². The third-order valence-corrected chi connectivity index (χ3v) is 6.38. The summed E-state index contributed by atoms with van der Waals surface area (Å²) in [5.41, 5.74) is 1.87. The molecule has 0 atom stereocenters. The summed E-state index contributed by atoms with van der Waals surface area (Å²) in [5.74, 6) is -0.716. The molecular formula is C22H28N2O5S. The first-order valence-corrected chi connectivity index (χ1v) is 11.6. The fraction of sp³-hybridized carbons (Fsp3) is 0.364. The molecule has 2 aromatic carbocycles. The summed E-state index contributed by atoms with van der Waals surface area (Å²) < 4.78 is 30.8. The first-order chi connectivity index (χ1) is 14.3. The molecule has 0 heterocycles. The van der Waals surface area contributed by atoms with Gasteiger partial charge in [-0.15, -0.1) is 0 Å². The summed E-state index contributed by atoms with van der Waals surface area (Å²) in [6.07, 6.45) is 1.77. The van der Waals surface area contributed by atoms with E-state index in [2.05, 4.69) is 5.32 Å². The van der Waals surface area contributed by atoms with Gasteiger partial charge >= 0.3 is 5.97 Å². The van der Waals surface area contributed by atoms with E-state index in [1.54, 1.807) is 62.4 Å². The molecule has 0 aromatic heterocycles. The van der Waals surface area contributed by atoms with Crippen molar-refractivity contribution in [3.05, 3.63) is 59.7 Å². The maximum absolute atomic E-state index is 12.5. The smallest absolute Gasteiger partial charge is 0.338 e. The number of carbonyl (C=O) groups excluding carboxylic acids is 2. The normalized spacial score (nSPS) is 11.0. The molecule has 0 spiro atoms. The summed E-state index contributed by atoms with van der Waals surface area (Å²) in [6, 6.07) is 12.9. The van der Waals surface area contributed by atoms with Gasteiger partial charge in [0.1, 0.15) is 0 Å². The van der Waals surface area contributed by atoms with Crippen LogP contribution in [0.1, 0.15) is 54.3 Å². The topological polar surface area (TPSA) is 92.8 Å². The molecule has 0 saturated heterocycles. The maximum Gasteiger partial charge on any atom is 0.338 e. The molecule has 0 saturated carbocycles. The summed E-state index contributed by atoms with van der Waals surface area (Å²) in [5, 5.41) is 2.76. The van der Waals surface area contributed by atoms with Crippen molar-refractivity contribution >= 4 is 33.3 Å². The van der Waals surface area contributed by atoms with Crippen molar-refractivity contribution in [1.29, 1.82) is 0 Å². The van der Waals surface area contributed by atoms with Gasteiger partial charge in [-0.25, -0.2) is 13.2 Å². The molecule has 30 heavy (non-hydrogen) atoms. The number of unbranched alkanes of at least 4 members (excludes halogenated alkanes) is 1. The van der Waals surface area contributed by atoms with Crippen LogP contribution in [-0.4, -0.2) is 39.2 Å².